The van der Waals surface area contributed by atoms with Crippen LogP contribution in [0.25, 0.3) is 0 Å². The third-order valence-corrected chi connectivity index (χ3v) is 8.91. The van der Waals surface area contributed by atoms with Gasteiger partial charge in [-0.15, -0.1) is 0 Å². The normalized spacial score (nSPS) is 20.2. The van der Waals surface area contributed by atoms with Crippen molar-refractivity contribution in [3.05, 3.63) is 35.4 Å². The lowest BCUT2D eigenvalue weighted by molar-refractivity contribution is -0.124. The van der Waals surface area contributed by atoms with Crippen molar-refractivity contribution in [1.82, 2.24) is 0 Å². The number of ketones is 1. The van der Waals surface area contributed by atoms with Crippen molar-refractivity contribution in [1.29, 1.82) is 5.26 Å². The van der Waals surface area contributed by atoms with E-state index in [0.29, 0.717) is 17.8 Å². The maximum Gasteiger partial charge on any atom is 0.155 e. The van der Waals surface area contributed by atoms with Crippen LogP contribution in [0.5, 0.6) is 0 Å². The minimum atomic E-state index is -3.09. The Hall–Kier alpha value is -1.67. The topological polar surface area (TPSA) is 75.0 Å². The molecule has 0 aliphatic heterocycles. The van der Waals surface area contributed by atoms with Gasteiger partial charge >= 0.3 is 0 Å². The number of benzene rings is 1. The molecular formula is C24H35NO3S. The van der Waals surface area contributed by atoms with Crippen LogP contribution in [0.15, 0.2) is 24.3 Å². The fourth-order valence-corrected chi connectivity index (χ4v) is 5.47. The summed E-state index contributed by atoms with van der Waals surface area (Å²) in [6.07, 6.45) is 7.90. The Bertz CT molecular complexity index is 822. The summed E-state index contributed by atoms with van der Waals surface area (Å²) >= 11 is 0. The Morgan fingerprint density at radius 1 is 1.10 bits per heavy atom. The molecule has 0 aromatic heterocycles. The molecule has 2 rings (SSSR count). The minimum Gasteiger partial charge on any atom is -0.299 e. The predicted octanol–water partition coefficient (Wildman–Crippen LogP) is 5.25. The van der Waals surface area contributed by atoms with Crippen molar-refractivity contribution in [2.24, 2.45) is 11.8 Å². The van der Waals surface area contributed by atoms with Crippen molar-refractivity contribution in [2.75, 3.05) is 5.75 Å². The van der Waals surface area contributed by atoms with Gasteiger partial charge in [0.15, 0.2) is 9.84 Å². The Morgan fingerprint density at radius 3 is 2.41 bits per heavy atom. The molecule has 160 valence electrons. The Kier molecular flexibility index (Phi) is 8.46. The van der Waals surface area contributed by atoms with Crippen LogP contribution in [0.1, 0.15) is 83.3 Å². The van der Waals surface area contributed by atoms with E-state index >= 15 is 0 Å². The summed E-state index contributed by atoms with van der Waals surface area (Å²) in [7, 11) is -3.09. The summed E-state index contributed by atoms with van der Waals surface area (Å²) < 4.78 is 24.1. The largest absolute Gasteiger partial charge is 0.299 e. The van der Waals surface area contributed by atoms with Crippen LogP contribution in [0, 0.1) is 23.2 Å². The molecule has 5 heteroatoms. The lowest BCUT2D eigenvalue weighted by Crippen LogP contribution is -2.35. The zero-order chi connectivity index (χ0) is 21.5. The number of sulfone groups is 1. The maximum absolute atomic E-state index is 12.5. The molecule has 1 aliphatic rings. The molecule has 0 heterocycles. The number of rotatable bonds is 9. The summed E-state index contributed by atoms with van der Waals surface area (Å²) in [4.78, 5) is 12.5. The van der Waals surface area contributed by atoms with E-state index in [-0.39, 0.29) is 17.6 Å². The number of carbonyl (C=O) groups is 1. The summed E-state index contributed by atoms with van der Waals surface area (Å²) in [5.41, 5.74) is 1.88. The zero-order valence-corrected chi connectivity index (χ0v) is 18.9. The Balaban J connectivity index is 1.65. The highest BCUT2D eigenvalue weighted by Crippen LogP contribution is 2.33. The van der Waals surface area contributed by atoms with Crippen LogP contribution in [0.2, 0.25) is 0 Å². The molecule has 0 amide bonds. The summed E-state index contributed by atoms with van der Waals surface area (Å²) in [5.74, 6) is 0.932. The fourth-order valence-electron chi connectivity index (χ4n) is 4.02. The Morgan fingerprint density at radius 2 is 1.79 bits per heavy atom. The van der Waals surface area contributed by atoms with E-state index in [9.17, 15) is 13.2 Å². The molecule has 0 N–H and O–H groups in total. The van der Waals surface area contributed by atoms with E-state index in [1.807, 2.05) is 24.3 Å². The molecule has 0 spiro atoms. The van der Waals surface area contributed by atoms with E-state index in [2.05, 4.69) is 6.07 Å². The van der Waals surface area contributed by atoms with E-state index in [1.54, 1.807) is 20.8 Å². The van der Waals surface area contributed by atoms with Crippen LogP contribution in [-0.4, -0.2) is 24.7 Å². The highest BCUT2D eigenvalue weighted by Gasteiger charge is 2.34. The highest BCUT2D eigenvalue weighted by molar-refractivity contribution is 7.92. The average Bonchev–Trinajstić information content (AvgIpc) is 2.67. The van der Waals surface area contributed by atoms with Gasteiger partial charge in [-0.3, -0.25) is 4.79 Å². The molecule has 0 unspecified atom stereocenters. The van der Waals surface area contributed by atoms with Gasteiger partial charge in [0.2, 0.25) is 0 Å². The van der Waals surface area contributed by atoms with Gasteiger partial charge < -0.3 is 0 Å². The molecule has 0 atom stereocenters. The smallest absolute Gasteiger partial charge is 0.155 e. The van der Waals surface area contributed by atoms with Crippen molar-refractivity contribution in [3.8, 4) is 6.07 Å². The summed E-state index contributed by atoms with van der Waals surface area (Å²) in [6, 6.07) is 9.88. The van der Waals surface area contributed by atoms with Crippen molar-refractivity contribution in [2.45, 2.75) is 83.3 Å². The molecule has 1 aliphatic carbocycles. The number of Topliss-reactive ketones (excluding diaryl/α,β-unsaturated/α-hetero) is 1. The average molecular weight is 418 g/mol. The van der Waals surface area contributed by atoms with Crippen molar-refractivity contribution in [3.63, 3.8) is 0 Å². The van der Waals surface area contributed by atoms with Crippen LogP contribution >= 0.6 is 0 Å². The van der Waals surface area contributed by atoms with Gasteiger partial charge in [0.05, 0.1) is 22.1 Å². The third kappa shape index (κ3) is 7.26. The molecule has 0 bridgehead atoms. The first-order valence-corrected chi connectivity index (χ1v) is 12.5. The second kappa shape index (κ2) is 10.4. The molecule has 29 heavy (non-hydrogen) atoms. The van der Waals surface area contributed by atoms with E-state index in [4.69, 9.17) is 5.26 Å². The molecule has 1 aromatic rings. The summed E-state index contributed by atoms with van der Waals surface area (Å²) in [5, 5.41) is 8.95. The quantitative estimate of drug-likeness (QED) is 0.514. The molecule has 1 saturated carbocycles. The Labute approximate surface area is 176 Å². The number of nitrogens with zero attached hydrogens (tertiary/aromatic N) is 1. The number of nitriles is 1. The molecule has 0 saturated heterocycles. The highest BCUT2D eigenvalue weighted by atomic mass is 32.2. The van der Waals surface area contributed by atoms with Crippen LogP contribution < -0.4 is 0 Å². The van der Waals surface area contributed by atoms with E-state index in [1.165, 1.54) is 5.56 Å². The second-order valence-electron chi connectivity index (χ2n) is 9.45. The molecule has 4 nitrogen and oxygen atoms in total. The number of carbonyl (C=O) groups excluding carboxylic acids is 1. The van der Waals surface area contributed by atoms with Crippen molar-refractivity contribution < 1.29 is 13.2 Å². The second-order valence-corrected chi connectivity index (χ2v) is 12.2. The van der Waals surface area contributed by atoms with E-state index < -0.39 is 14.6 Å². The molecular weight excluding hydrogens is 382 g/mol. The molecule has 0 radical (unpaired) electrons. The number of hydrogen-bond acceptors (Lipinski definition) is 4. The lowest BCUT2D eigenvalue weighted by atomic mass is 9.80. The lowest BCUT2D eigenvalue weighted by Gasteiger charge is -2.30. The number of hydrogen-bond donors (Lipinski definition) is 0. The number of aryl methyl sites for hydroxylation is 1. The maximum atomic E-state index is 12.5. The van der Waals surface area contributed by atoms with E-state index in [0.717, 1.165) is 51.4 Å². The van der Waals surface area contributed by atoms with Gasteiger partial charge in [0.1, 0.15) is 5.78 Å². The number of unbranched alkanes of at least 4 members (excludes halogenated alkanes) is 2. The van der Waals surface area contributed by atoms with Crippen LogP contribution in [0.3, 0.4) is 0 Å². The zero-order valence-electron chi connectivity index (χ0n) is 18.1. The first-order chi connectivity index (χ1) is 13.6. The monoisotopic (exact) mass is 417 g/mol. The van der Waals surface area contributed by atoms with Gasteiger partial charge in [-0.1, -0.05) is 18.6 Å². The first kappa shape index (κ1) is 23.6. The van der Waals surface area contributed by atoms with Crippen molar-refractivity contribution >= 4 is 15.6 Å². The first-order valence-electron chi connectivity index (χ1n) is 10.9. The van der Waals surface area contributed by atoms with Crippen LogP contribution in [0.4, 0.5) is 0 Å². The SMILES string of the molecule is CC(C)(C)S(=O)(=O)CC1CCC(C(=O)CCCCCc2cccc(C#N)c2)CC1. The third-order valence-electron chi connectivity index (χ3n) is 6.13. The standard InChI is InChI=1S/C24H35NO3S/c1-24(2,3)29(27,28)18-20-12-14-22(15-13-20)23(26)11-6-4-5-8-19-9-7-10-21(16-19)17-25/h7,9-10,16,20,22H,4-6,8,11-15,18H2,1-3H3. The molecule has 1 fully saturated rings. The van der Waals surface area contributed by atoms with Gasteiger partial charge in [-0.05, 0) is 89.3 Å². The van der Waals surface area contributed by atoms with Gasteiger partial charge in [-0.2, -0.15) is 5.26 Å². The predicted molar refractivity (Wildman–Crippen MR) is 117 cm³/mol. The van der Waals surface area contributed by atoms with Gasteiger partial charge in [0.25, 0.3) is 0 Å². The van der Waals surface area contributed by atoms with Gasteiger partial charge in [-0.25, -0.2) is 8.42 Å². The summed E-state index contributed by atoms with van der Waals surface area (Å²) in [6.45, 7) is 5.28. The molecule has 1 aromatic carbocycles. The minimum absolute atomic E-state index is 0.121. The van der Waals surface area contributed by atoms with Crippen LogP contribution in [-0.2, 0) is 21.1 Å². The fraction of sp³-hybridized carbons (Fsp3) is 0.667. The van der Waals surface area contributed by atoms with Gasteiger partial charge in [0, 0.05) is 12.3 Å².